The molecule has 0 aromatic rings. The summed E-state index contributed by atoms with van der Waals surface area (Å²) in [5.74, 6) is 0.520. The first kappa shape index (κ1) is 11.1. The number of nitrogens with zero attached hydrogens (tertiary/aromatic N) is 1. The summed E-state index contributed by atoms with van der Waals surface area (Å²) in [4.78, 5) is 3.85. The molecule has 0 heterocycles. The van der Waals surface area contributed by atoms with Gasteiger partial charge in [0.05, 0.1) is 0 Å². The number of aliphatic imine (C=N–C) groups is 1. The van der Waals surface area contributed by atoms with Crippen LogP contribution in [0, 0.1) is 0 Å². The number of ether oxygens (including phenoxy) is 1. The zero-order chi connectivity index (χ0) is 9.40. The van der Waals surface area contributed by atoms with Crippen molar-refractivity contribution >= 4 is 5.90 Å². The van der Waals surface area contributed by atoms with Crippen LogP contribution in [0.3, 0.4) is 0 Å². The topological polar surface area (TPSA) is 53.9 Å². The highest BCUT2D eigenvalue weighted by Gasteiger charge is 2.00. The van der Waals surface area contributed by atoms with Gasteiger partial charge in [0.2, 0.25) is 5.90 Å². The third kappa shape index (κ3) is 4.87. The Morgan fingerprint density at radius 3 is 2.83 bits per heavy atom. The third-order valence-electron chi connectivity index (χ3n) is 1.25. The molecule has 12 heavy (non-hydrogen) atoms. The van der Waals surface area contributed by atoms with E-state index in [1.807, 2.05) is 13.0 Å². The Morgan fingerprint density at radius 1 is 1.75 bits per heavy atom. The van der Waals surface area contributed by atoms with E-state index < -0.39 is 6.23 Å². The largest absolute Gasteiger partial charge is 0.474 e. The van der Waals surface area contributed by atoms with Crippen LogP contribution in [0.1, 0.15) is 6.92 Å². The van der Waals surface area contributed by atoms with Gasteiger partial charge in [0.1, 0.15) is 12.8 Å². The van der Waals surface area contributed by atoms with E-state index in [-0.39, 0.29) is 6.61 Å². The second-order valence-electron chi connectivity index (χ2n) is 2.18. The molecule has 0 aliphatic rings. The molecule has 0 saturated carbocycles. The van der Waals surface area contributed by atoms with Gasteiger partial charge in [0.25, 0.3) is 0 Å². The lowest BCUT2D eigenvalue weighted by atomic mass is 10.5. The summed E-state index contributed by atoms with van der Waals surface area (Å²) in [6.45, 7) is 2.08. The Kier molecular flexibility index (Phi) is 6.32. The Balaban J connectivity index is 3.74. The Morgan fingerprint density at radius 2 is 2.42 bits per heavy atom. The molecule has 1 atom stereocenters. The van der Waals surface area contributed by atoms with Crippen LogP contribution in [0.2, 0.25) is 0 Å². The molecule has 0 spiro atoms. The molecule has 0 aliphatic heterocycles. The molecule has 0 fully saturated rings. The maximum atomic E-state index is 9.06. The first-order chi connectivity index (χ1) is 5.74. The number of hydrogen-bond donors (Lipinski definition) is 2. The number of hydrogen-bond acceptors (Lipinski definition) is 4. The molecular formula is C8H16N2O2. The molecule has 0 aliphatic carbocycles. The molecule has 0 amide bonds. The first-order valence-corrected chi connectivity index (χ1v) is 3.82. The van der Waals surface area contributed by atoms with Crippen LogP contribution >= 0.6 is 0 Å². The standard InChI is InChI=1S/C8H16N2O2/c1-4-5-8(10-3)12-6-7(11)9-2/h4-5,7,9,11H,6H2,1-3H3/b5-4-,10-8+. The average molecular weight is 172 g/mol. The number of nitrogens with one attached hydrogen (secondary N) is 1. The van der Waals surface area contributed by atoms with E-state index >= 15 is 0 Å². The van der Waals surface area contributed by atoms with Crippen LogP contribution in [0.15, 0.2) is 17.1 Å². The third-order valence-corrected chi connectivity index (χ3v) is 1.25. The highest BCUT2D eigenvalue weighted by atomic mass is 16.5. The van der Waals surface area contributed by atoms with Crippen molar-refractivity contribution < 1.29 is 9.84 Å². The molecule has 0 aromatic carbocycles. The van der Waals surface area contributed by atoms with Gasteiger partial charge in [-0.25, -0.2) is 0 Å². The van der Waals surface area contributed by atoms with Crippen LogP contribution in [0.5, 0.6) is 0 Å². The smallest absolute Gasteiger partial charge is 0.208 e. The van der Waals surface area contributed by atoms with E-state index in [1.54, 1.807) is 20.2 Å². The van der Waals surface area contributed by atoms with Gasteiger partial charge < -0.3 is 9.84 Å². The van der Waals surface area contributed by atoms with Crippen LogP contribution in [-0.4, -0.2) is 37.9 Å². The van der Waals surface area contributed by atoms with Crippen molar-refractivity contribution in [1.82, 2.24) is 5.32 Å². The predicted octanol–water partition coefficient (Wildman–Crippen LogP) is 0.145. The van der Waals surface area contributed by atoms with Crippen molar-refractivity contribution in [3.05, 3.63) is 12.2 Å². The Hall–Kier alpha value is -0.870. The van der Waals surface area contributed by atoms with Crippen molar-refractivity contribution in [1.29, 1.82) is 0 Å². The van der Waals surface area contributed by atoms with Crippen molar-refractivity contribution in [2.45, 2.75) is 13.2 Å². The average Bonchev–Trinajstić information content (AvgIpc) is 2.11. The van der Waals surface area contributed by atoms with Crippen molar-refractivity contribution in [2.24, 2.45) is 4.99 Å². The zero-order valence-electron chi connectivity index (χ0n) is 7.74. The summed E-state index contributed by atoms with van der Waals surface area (Å²) in [5.41, 5.74) is 0. The van der Waals surface area contributed by atoms with E-state index in [1.165, 1.54) is 0 Å². The monoisotopic (exact) mass is 172 g/mol. The summed E-state index contributed by atoms with van der Waals surface area (Å²) >= 11 is 0. The number of allylic oxidation sites excluding steroid dienone is 1. The molecular weight excluding hydrogens is 156 g/mol. The summed E-state index contributed by atoms with van der Waals surface area (Å²) in [7, 11) is 3.30. The molecule has 0 aromatic heterocycles. The lowest BCUT2D eigenvalue weighted by Gasteiger charge is -2.10. The van der Waals surface area contributed by atoms with Gasteiger partial charge in [0.15, 0.2) is 0 Å². The van der Waals surface area contributed by atoms with Crippen molar-refractivity contribution in [3.63, 3.8) is 0 Å². The lowest BCUT2D eigenvalue weighted by molar-refractivity contribution is 0.0812. The van der Waals surface area contributed by atoms with Crippen LogP contribution in [0.25, 0.3) is 0 Å². The minimum atomic E-state index is -0.646. The van der Waals surface area contributed by atoms with E-state index in [2.05, 4.69) is 10.3 Å². The summed E-state index contributed by atoms with van der Waals surface area (Å²) in [6.07, 6.45) is 2.92. The first-order valence-electron chi connectivity index (χ1n) is 3.82. The van der Waals surface area contributed by atoms with Crippen molar-refractivity contribution in [3.8, 4) is 0 Å². The van der Waals surface area contributed by atoms with Gasteiger partial charge in [-0.3, -0.25) is 10.3 Å². The molecule has 0 saturated heterocycles. The highest BCUT2D eigenvalue weighted by molar-refractivity contribution is 5.87. The van der Waals surface area contributed by atoms with E-state index in [0.29, 0.717) is 5.90 Å². The lowest BCUT2D eigenvalue weighted by Crippen LogP contribution is -2.30. The van der Waals surface area contributed by atoms with Crippen LogP contribution in [0.4, 0.5) is 0 Å². The van der Waals surface area contributed by atoms with Crippen molar-refractivity contribution in [2.75, 3.05) is 20.7 Å². The second kappa shape index (κ2) is 6.82. The number of aliphatic hydroxyl groups is 1. The fourth-order valence-corrected chi connectivity index (χ4v) is 0.577. The second-order valence-corrected chi connectivity index (χ2v) is 2.18. The Labute approximate surface area is 73.0 Å². The van der Waals surface area contributed by atoms with Gasteiger partial charge in [0, 0.05) is 7.05 Å². The van der Waals surface area contributed by atoms with E-state index in [0.717, 1.165) is 0 Å². The normalized spacial score (nSPS) is 15.2. The van der Waals surface area contributed by atoms with Crippen LogP contribution < -0.4 is 5.32 Å². The molecule has 2 N–H and O–H groups in total. The summed E-state index contributed by atoms with van der Waals surface area (Å²) in [5, 5.41) is 11.7. The zero-order valence-corrected chi connectivity index (χ0v) is 7.74. The molecule has 0 bridgehead atoms. The molecule has 0 rings (SSSR count). The number of likely N-dealkylation sites (N-methyl/N-ethyl adjacent to an activating group) is 1. The minimum Gasteiger partial charge on any atom is -0.474 e. The molecule has 4 heteroatoms. The molecule has 0 radical (unpaired) electrons. The SMILES string of the molecule is C/C=C\C(=N/C)OCC(O)NC. The fraction of sp³-hybridized carbons (Fsp3) is 0.625. The molecule has 70 valence electrons. The predicted molar refractivity (Wildman–Crippen MR) is 49.2 cm³/mol. The highest BCUT2D eigenvalue weighted by Crippen LogP contribution is 1.87. The van der Waals surface area contributed by atoms with Gasteiger partial charge >= 0.3 is 0 Å². The summed E-state index contributed by atoms with van der Waals surface area (Å²) < 4.78 is 5.14. The number of rotatable bonds is 4. The molecule has 1 unspecified atom stereocenters. The minimum absolute atomic E-state index is 0.202. The maximum absolute atomic E-state index is 9.06. The van der Waals surface area contributed by atoms with E-state index in [4.69, 9.17) is 9.84 Å². The van der Waals surface area contributed by atoms with E-state index in [9.17, 15) is 0 Å². The Bertz CT molecular complexity index is 166. The maximum Gasteiger partial charge on any atom is 0.208 e. The fourth-order valence-electron chi connectivity index (χ4n) is 0.577. The number of aliphatic hydroxyl groups excluding tert-OH is 1. The summed E-state index contributed by atoms with van der Waals surface area (Å²) in [6, 6.07) is 0. The van der Waals surface area contributed by atoms with Gasteiger partial charge in [-0.15, -0.1) is 0 Å². The van der Waals surface area contributed by atoms with Crippen LogP contribution in [-0.2, 0) is 4.74 Å². The molecule has 4 nitrogen and oxygen atoms in total. The van der Waals surface area contributed by atoms with Gasteiger partial charge in [-0.05, 0) is 20.0 Å². The quantitative estimate of drug-likeness (QED) is 0.360. The van der Waals surface area contributed by atoms with Gasteiger partial charge in [-0.1, -0.05) is 6.08 Å². The van der Waals surface area contributed by atoms with Gasteiger partial charge in [-0.2, -0.15) is 0 Å².